The van der Waals surface area contributed by atoms with Crippen molar-refractivity contribution in [3.05, 3.63) is 90.3 Å². The Labute approximate surface area is 248 Å². The lowest BCUT2D eigenvalue weighted by atomic mass is 10.1. The van der Waals surface area contributed by atoms with Gasteiger partial charge in [-0.1, -0.05) is 29.3 Å². The number of ether oxygens (including phenoxy) is 2. The second-order valence-corrected chi connectivity index (χ2v) is 11.5. The first-order chi connectivity index (χ1) is 16.8. The van der Waals surface area contributed by atoms with Crippen LogP contribution in [0.3, 0.4) is 0 Å². The summed E-state index contributed by atoms with van der Waals surface area (Å²) in [6, 6.07) is 13.9. The Morgan fingerprint density at radius 2 is 1.35 bits per heavy atom. The highest BCUT2D eigenvalue weighted by molar-refractivity contribution is 9.10. The topological polar surface area (TPSA) is 84.9 Å². The highest BCUT2D eigenvalue weighted by atomic mass is 79.9. The van der Waals surface area contributed by atoms with Gasteiger partial charge in [0, 0.05) is 31.1 Å². The molecule has 0 saturated heterocycles. The fraction of sp³-hybridized carbons (Fsp3) is 0.231. The first-order valence-electron chi connectivity index (χ1n) is 10.8. The molecule has 0 aliphatic carbocycles. The molecule has 1 atom stereocenters. The van der Waals surface area contributed by atoms with E-state index >= 15 is 0 Å². The van der Waals surface area contributed by atoms with Crippen molar-refractivity contribution in [2.45, 2.75) is 32.4 Å². The largest absolute Gasteiger partial charge is 0.419 e. The summed E-state index contributed by atoms with van der Waals surface area (Å²) in [7, 11) is 0. The Morgan fingerprint density at radius 1 is 0.865 bits per heavy atom. The molecule has 0 amide bonds. The van der Waals surface area contributed by atoms with E-state index in [1.807, 2.05) is 20.8 Å². The third-order valence-electron chi connectivity index (χ3n) is 4.88. The molecular weight excluding hydrogens is 672 g/mol. The van der Waals surface area contributed by atoms with Gasteiger partial charge < -0.3 is 19.9 Å². The molecule has 6 nitrogen and oxygen atoms in total. The Hall–Kier alpha value is -1.65. The number of carbonyl (C=O) groups excluding carboxylic acids is 2. The normalized spacial score (nSPS) is 11.9. The average molecular weight is 697 g/mol. The second kappa shape index (κ2) is 13.4. The molecule has 0 bridgehead atoms. The molecule has 0 aliphatic heterocycles. The van der Waals surface area contributed by atoms with Gasteiger partial charge in [-0.15, -0.1) is 12.4 Å². The third-order valence-corrected chi connectivity index (χ3v) is 6.73. The number of halogens is 5. The van der Waals surface area contributed by atoms with Crippen LogP contribution in [0, 0.1) is 0 Å². The summed E-state index contributed by atoms with van der Waals surface area (Å²) in [5.41, 5.74) is 0.617. The number of nitrogens with one attached hydrogen (secondary N) is 1. The van der Waals surface area contributed by atoms with Gasteiger partial charge in [-0.25, -0.2) is 9.59 Å². The van der Waals surface area contributed by atoms with E-state index < -0.39 is 18.0 Å². The van der Waals surface area contributed by atoms with E-state index in [1.54, 1.807) is 30.3 Å². The Bertz CT molecular complexity index is 1300. The van der Waals surface area contributed by atoms with Gasteiger partial charge in [-0.3, -0.25) is 0 Å². The molecule has 0 fully saturated rings. The van der Waals surface area contributed by atoms with Gasteiger partial charge in [0.25, 0.3) is 0 Å². The lowest BCUT2D eigenvalue weighted by molar-refractivity contribution is 0.0680. The summed E-state index contributed by atoms with van der Waals surface area (Å²) in [6.07, 6.45) is -0.911. The Morgan fingerprint density at radius 3 is 1.84 bits per heavy atom. The first kappa shape index (κ1) is 31.6. The number of esters is 2. The van der Waals surface area contributed by atoms with Crippen molar-refractivity contribution >= 4 is 79.4 Å². The molecule has 0 radical (unpaired) electrons. The summed E-state index contributed by atoms with van der Waals surface area (Å²) in [5, 5.41) is 14.6. The molecule has 0 aliphatic rings. The molecular formula is C26H24Br2Cl3NO5. The molecule has 0 heterocycles. The zero-order valence-electron chi connectivity index (χ0n) is 20.0. The van der Waals surface area contributed by atoms with Gasteiger partial charge in [0.1, 0.15) is 0 Å². The van der Waals surface area contributed by atoms with Crippen molar-refractivity contribution in [2.24, 2.45) is 0 Å². The number of rotatable bonds is 7. The zero-order chi connectivity index (χ0) is 26.6. The summed E-state index contributed by atoms with van der Waals surface area (Å²) < 4.78 is 12.1. The third kappa shape index (κ3) is 8.96. The van der Waals surface area contributed by atoms with Crippen LogP contribution in [0.15, 0.2) is 63.5 Å². The number of carbonyl (C=O) groups is 2. The maximum absolute atomic E-state index is 13.0. The van der Waals surface area contributed by atoms with Crippen LogP contribution >= 0.6 is 67.5 Å². The molecule has 0 aromatic heterocycles. The van der Waals surface area contributed by atoms with Crippen molar-refractivity contribution in [3.8, 4) is 11.5 Å². The van der Waals surface area contributed by atoms with E-state index in [-0.39, 0.29) is 47.1 Å². The van der Waals surface area contributed by atoms with Gasteiger partial charge in [-0.2, -0.15) is 0 Å². The molecule has 2 N–H and O–H groups in total. The number of aliphatic hydroxyl groups excluding tert-OH is 1. The van der Waals surface area contributed by atoms with Crippen LogP contribution in [0.25, 0.3) is 0 Å². The van der Waals surface area contributed by atoms with Gasteiger partial charge in [0.2, 0.25) is 0 Å². The quantitative estimate of drug-likeness (QED) is 0.194. The molecule has 1 unspecified atom stereocenters. The highest BCUT2D eigenvalue weighted by Crippen LogP contribution is 2.34. The standard InChI is InChI=1S/C26H23Br2Cl2NO5.ClH/c1-26(2,3)31-13-21(32)14-4-9-22(35-24(33)17-11-15(29)5-7-19(17)27)23(10-14)36-25(34)18-12-16(30)6-8-20(18)28;/h4-12,21,31-32H,13H2,1-3H3;1H. The van der Waals surface area contributed by atoms with Crippen molar-refractivity contribution in [3.63, 3.8) is 0 Å². The fourth-order valence-electron chi connectivity index (χ4n) is 3.03. The molecule has 3 aromatic rings. The molecule has 0 saturated carbocycles. The number of β-amino-alcohol motifs (C(OH)–C–C–N with tert-alkyl or cyclic N) is 1. The lowest BCUT2D eigenvalue weighted by Gasteiger charge is -2.23. The van der Waals surface area contributed by atoms with Crippen LogP contribution in [0.4, 0.5) is 0 Å². The van der Waals surface area contributed by atoms with Crippen LogP contribution in [-0.4, -0.2) is 29.1 Å². The summed E-state index contributed by atoms with van der Waals surface area (Å²) in [6.45, 7) is 6.19. The minimum absolute atomic E-state index is 0. The monoisotopic (exact) mass is 693 g/mol. The molecule has 11 heteroatoms. The summed E-state index contributed by atoms with van der Waals surface area (Å²) in [5.74, 6) is -1.51. The minimum atomic E-state index is -0.911. The molecule has 37 heavy (non-hydrogen) atoms. The second-order valence-electron chi connectivity index (χ2n) is 8.88. The number of aliphatic hydroxyl groups is 1. The van der Waals surface area contributed by atoms with Crippen molar-refractivity contribution in [1.29, 1.82) is 0 Å². The highest BCUT2D eigenvalue weighted by Gasteiger charge is 2.22. The maximum Gasteiger partial charge on any atom is 0.344 e. The summed E-state index contributed by atoms with van der Waals surface area (Å²) >= 11 is 18.7. The van der Waals surface area contributed by atoms with Gasteiger partial charge in [0.05, 0.1) is 17.2 Å². The van der Waals surface area contributed by atoms with E-state index in [1.165, 1.54) is 24.3 Å². The van der Waals surface area contributed by atoms with E-state index in [0.717, 1.165) is 0 Å². The zero-order valence-corrected chi connectivity index (χ0v) is 25.5. The molecule has 198 valence electrons. The van der Waals surface area contributed by atoms with E-state index in [4.69, 9.17) is 32.7 Å². The Kier molecular flexibility index (Phi) is 11.5. The van der Waals surface area contributed by atoms with Crippen LogP contribution in [-0.2, 0) is 0 Å². The predicted octanol–water partition coefficient (Wildman–Crippen LogP) is 7.80. The molecule has 3 aromatic carbocycles. The van der Waals surface area contributed by atoms with Crippen molar-refractivity contribution in [2.75, 3.05) is 6.54 Å². The van der Waals surface area contributed by atoms with Crippen LogP contribution in [0.1, 0.15) is 53.2 Å². The fourth-order valence-corrected chi connectivity index (χ4v) is 4.20. The van der Waals surface area contributed by atoms with E-state index in [2.05, 4.69) is 37.2 Å². The molecule has 3 rings (SSSR count). The number of hydrogen-bond donors (Lipinski definition) is 2. The average Bonchev–Trinajstić information content (AvgIpc) is 2.81. The SMILES string of the molecule is CC(C)(C)NCC(O)c1ccc(OC(=O)c2cc(Cl)ccc2Br)c(OC(=O)c2cc(Cl)ccc2Br)c1.Cl. The number of benzene rings is 3. The first-order valence-corrected chi connectivity index (χ1v) is 13.1. The minimum Gasteiger partial charge on any atom is -0.419 e. The van der Waals surface area contributed by atoms with Gasteiger partial charge in [-0.05, 0) is 107 Å². The van der Waals surface area contributed by atoms with Crippen LogP contribution in [0.2, 0.25) is 10.0 Å². The van der Waals surface area contributed by atoms with Gasteiger partial charge in [0.15, 0.2) is 11.5 Å². The summed E-state index contributed by atoms with van der Waals surface area (Å²) in [4.78, 5) is 25.9. The van der Waals surface area contributed by atoms with Gasteiger partial charge >= 0.3 is 11.9 Å². The molecule has 0 spiro atoms. The van der Waals surface area contributed by atoms with E-state index in [0.29, 0.717) is 24.6 Å². The predicted molar refractivity (Wildman–Crippen MR) is 155 cm³/mol. The lowest BCUT2D eigenvalue weighted by Crippen LogP contribution is -2.38. The maximum atomic E-state index is 13.0. The van der Waals surface area contributed by atoms with E-state index in [9.17, 15) is 14.7 Å². The van der Waals surface area contributed by atoms with Crippen molar-refractivity contribution in [1.82, 2.24) is 5.32 Å². The smallest absolute Gasteiger partial charge is 0.344 e. The van der Waals surface area contributed by atoms with Crippen LogP contribution in [0.5, 0.6) is 11.5 Å². The van der Waals surface area contributed by atoms with Crippen molar-refractivity contribution < 1.29 is 24.2 Å². The number of hydrogen-bond acceptors (Lipinski definition) is 6. The van der Waals surface area contributed by atoms with Crippen LogP contribution < -0.4 is 14.8 Å². The Balaban J connectivity index is 0.00000481.